The molecule has 7 nitrogen and oxygen atoms in total. The van der Waals surface area contributed by atoms with E-state index in [1.807, 2.05) is 57.2 Å². The Balaban J connectivity index is 1.82. The lowest BCUT2D eigenvalue weighted by Gasteiger charge is -2.34. The molecule has 0 unspecified atom stereocenters. The smallest absolute Gasteiger partial charge is 0.264 e. The molecule has 236 valence electrons. The van der Waals surface area contributed by atoms with Crippen LogP contribution in [-0.4, -0.2) is 44.3 Å². The minimum atomic E-state index is -4.18. The summed E-state index contributed by atoms with van der Waals surface area (Å²) in [6.07, 6.45) is 0.916. The van der Waals surface area contributed by atoms with Crippen molar-refractivity contribution in [1.82, 2.24) is 10.2 Å². The lowest BCUT2D eigenvalue weighted by atomic mass is 10.0. The highest BCUT2D eigenvalue weighted by molar-refractivity contribution is 7.92. The molecule has 4 aromatic rings. The number of hydrogen-bond donors (Lipinski definition) is 1. The average molecular weight is 667 g/mol. The Morgan fingerprint density at radius 1 is 0.844 bits per heavy atom. The molecule has 4 rings (SSSR count). The molecule has 4 aromatic carbocycles. The second-order valence-electron chi connectivity index (χ2n) is 10.8. The van der Waals surface area contributed by atoms with Crippen molar-refractivity contribution in [2.75, 3.05) is 17.4 Å². The van der Waals surface area contributed by atoms with Crippen molar-refractivity contribution in [2.45, 2.75) is 51.1 Å². The highest BCUT2D eigenvalue weighted by atomic mass is 35.5. The normalized spacial score (nSPS) is 11.9. The number of nitrogens with one attached hydrogen (secondary N) is 1. The van der Waals surface area contributed by atoms with Crippen LogP contribution in [0.5, 0.6) is 0 Å². The zero-order chi connectivity index (χ0) is 32.6. The third-order valence-electron chi connectivity index (χ3n) is 7.56. The summed E-state index contributed by atoms with van der Waals surface area (Å²) in [5.41, 5.74) is 3.61. The summed E-state index contributed by atoms with van der Waals surface area (Å²) in [6.45, 7) is 5.59. The number of hydrogen-bond acceptors (Lipinski definition) is 4. The van der Waals surface area contributed by atoms with Gasteiger partial charge in [0.2, 0.25) is 11.8 Å². The second kappa shape index (κ2) is 15.4. The van der Waals surface area contributed by atoms with E-state index in [2.05, 4.69) is 5.32 Å². The van der Waals surface area contributed by atoms with Gasteiger partial charge in [-0.15, -0.1) is 0 Å². The number of carbonyl (C=O) groups is 2. The van der Waals surface area contributed by atoms with Crippen molar-refractivity contribution in [1.29, 1.82) is 0 Å². The predicted molar refractivity (Wildman–Crippen MR) is 181 cm³/mol. The number of halogens is 2. The topological polar surface area (TPSA) is 86.8 Å². The molecule has 0 saturated carbocycles. The van der Waals surface area contributed by atoms with E-state index in [4.69, 9.17) is 23.2 Å². The first-order chi connectivity index (χ1) is 21.5. The summed E-state index contributed by atoms with van der Waals surface area (Å²) in [4.78, 5) is 29.7. The van der Waals surface area contributed by atoms with E-state index in [9.17, 15) is 18.0 Å². The third kappa shape index (κ3) is 8.66. The van der Waals surface area contributed by atoms with Crippen molar-refractivity contribution in [3.05, 3.63) is 129 Å². The Bertz CT molecular complexity index is 1730. The highest BCUT2D eigenvalue weighted by Crippen LogP contribution is 2.28. The molecule has 0 aliphatic carbocycles. The van der Waals surface area contributed by atoms with Gasteiger partial charge >= 0.3 is 0 Å². The summed E-state index contributed by atoms with van der Waals surface area (Å²) in [6, 6.07) is 26.6. The van der Waals surface area contributed by atoms with Gasteiger partial charge in [-0.2, -0.15) is 0 Å². The molecule has 0 aliphatic rings. The van der Waals surface area contributed by atoms with Crippen molar-refractivity contribution >= 4 is 50.7 Å². The Kier molecular flexibility index (Phi) is 11.7. The number of carbonyl (C=O) groups excluding carboxylic acids is 2. The minimum Gasteiger partial charge on any atom is -0.354 e. The molecule has 2 amide bonds. The van der Waals surface area contributed by atoms with Gasteiger partial charge in [-0.1, -0.05) is 90.8 Å². The minimum absolute atomic E-state index is 0.0436. The van der Waals surface area contributed by atoms with Gasteiger partial charge in [-0.05, 0) is 78.9 Å². The van der Waals surface area contributed by atoms with Crippen LogP contribution in [0, 0.1) is 13.8 Å². The lowest BCUT2D eigenvalue weighted by Crippen LogP contribution is -2.53. The van der Waals surface area contributed by atoms with Gasteiger partial charge in [0.1, 0.15) is 12.6 Å². The quantitative estimate of drug-likeness (QED) is 0.167. The molecule has 1 atom stereocenters. The Hall–Kier alpha value is -3.85. The van der Waals surface area contributed by atoms with E-state index >= 15 is 0 Å². The van der Waals surface area contributed by atoms with Crippen LogP contribution >= 0.6 is 23.2 Å². The summed E-state index contributed by atoms with van der Waals surface area (Å²) in [5.74, 6) is -0.908. The zero-order valence-corrected chi connectivity index (χ0v) is 27.9. The maximum absolute atomic E-state index is 14.5. The molecule has 0 bridgehead atoms. The van der Waals surface area contributed by atoms with Crippen molar-refractivity contribution in [2.24, 2.45) is 0 Å². The number of benzene rings is 4. The van der Waals surface area contributed by atoms with E-state index in [1.165, 1.54) is 17.0 Å². The predicted octanol–water partition coefficient (Wildman–Crippen LogP) is 6.97. The van der Waals surface area contributed by atoms with Crippen LogP contribution < -0.4 is 9.62 Å². The molecular formula is C35H37Cl2N3O4S. The SMILES string of the molecule is CCCNC(=O)[C@@H](Cc1ccccc1)N(Cc1ccc(Cl)cc1Cl)C(=O)CN(c1ccc(C)c(C)c1)S(=O)(=O)c1ccccc1. The van der Waals surface area contributed by atoms with Gasteiger partial charge in [-0.25, -0.2) is 8.42 Å². The van der Waals surface area contributed by atoms with E-state index < -0.39 is 28.5 Å². The van der Waals surface area contributed by atoms with Crippen molar-refractivity contribution < 1.29 is 18.0 Å². The zero-order valence-electron chi connectivity index (χ0n) is 25.5. The molecule has 0 heterocycles. The van der Waals surface area contributed by atoms with Gasteiger partial charge in [0, 0.05) is 29.6 Å². The number of rotatable bonds is 13. The lowest BCUT2D eigenvalue weighted by molar-refractivity contribution is -0.140. The number of anilines is 1. The molecule has 0 aliphatic heterocycles. The van der Waals surface area contributed by atoms with Crippen LogP contribution in [0.2, 0.25) is 10.0 Å². The van der Waals surface area contributed by atoms with Crippen LogP contribution in [0.3, 0.4) is 0 Å². The fraction of sp³-hybridized carbons (Fsp3) is 0.257. The molecule has 45 heavy (non-hydrogen) atoms. The van der Waals surface area contributed by atoms with E-state index in [0.717, 1.165) is 21.0 Å². The largest absolute Gasteiger partial charge is 0.354 e. The van der Waals surface area contributed by atoms with Crippen molar-refractivity contribution in [3.8, 4) is 0 Å². The fourth-order valence-electron chi connectivity index (χ4n) is 4.88. The molecule has 10 heteroatoms. The van der Waals surface area contributed by atoms with Gasteiger partial charge in [0.15, 0.2) is 0 Å². The van der Waals surface area contributed by atoms with Gasteiger partial charge in [-0.3, -0.25) is 13.9 Å². The van der Waals surface area contributed by atoms with Gasteiger partial charge in [0.25, 0.3) is 10.0 Å². The first-order valence-electron chi connectivity index (χ1n) is 14.7. The van der Waals surface area contributed by atoms with Crippen LogP contribution in [-0.2, 0) is 32.6 Å². The molecular weight excluding hydrogens is 629 g/mol. The van der Waals surface area contributed by atoms with E-state index in [1.54, 1.807) is 48.5 Å². The van der Waals surface area contributed by atoms with E-state index in [0.29, 0.717) is 34.3 Å². The highest BCUT2D eigenvalue weighted by Gasteiger charge is 2.35. The fourth-order valence-corrected chi connectivity index (χ4v) is 6.78. The van der Waals surface area contributed by atoms with Crippen LogP contribution in [0.4, 0.5) is 5.69 Å². The summed E-state index contributed by atoms with van der Waals surface area (Å²) < 4.78 is 29.3. The maximum atomic E-state index is 14.5. The number of amides is 2. The van der Waals surface area contributed by atoms with Gasteiger partial charge < -0.3 is 10.2 Å². The maximum Gasteiger partial charge on any atom is 0.264 e. The second-order valence-corrected chi connectivity index (χ2v) is 13.6. The molecule has 0 fully saturated rings. The molecule has 0 radical (unpaired) electrons. The number of nitrogens with zero attached hydrogens (tertiary/aromatic N) is 2. The van der Waals surface area contributed by atoms with Crippen LogP contribution in [0.25, 0.3) is 0 Å². The molecule has 1 N–H and O–H groups in total. The first kappa shape index (κ1) is 34.0. The summed E-state index contributed by atoms with van der Waals surface area (Å²) in [5, 5.41) is 3.69. The third-order valence-corrected chi connectivity index (χ3v) is 9.94. The van der Waals surface area contributed by atoms with Crippen LogP contribution in [0.15, 0.2) is 102 Å². The number of aryl methyl sites for hydroxylation is 2. The van der Waals surface area contributed by atoms with Gasteiger partial charge in [0.05, 0.1) is 10.6 Å². The Labute approximate surface area is 275 Å². The standard InChI is InChI=1S/C35H37Cl2N3O4S/c1-4-19-38-35(42)33(21-27-11-7-5-8-12-27)39(23-28-16-17-29(36)22-32(28)37)34(41)24-40(30-18-15-25(2)26(3)20-30)45(43,44)31-13-9-6-10-14-31/h5-18,20,22,33H,4,19,21,23-24H2,1-3H3,(H,38,42)/t33-/m1/s1. The molecule has 0 spiro atoms. The number of sulfonamides is 1. The van der Waals surface area contributed by atoms with Crippen molar-refractivity contribution in [3.63, 3.8) is 0 Å². The molecule has 0 saturated heterocycles. The Morgan fingerprint density at radius 3 is 2.13 bits per heavy atom. The monoisotopic (exact) mass is 665 g/mol. The first-order valence-corrected chi connectivity index (χ1v) is 16.9. The molecule has 0 aromatic heterocycles. The summed E-state index contributed by atoms with van der Waals surface area (Å²) in [7, 11) is -4.18. The summed E-state index contributed by atoms with van der Waals surface area (Å²) >= 11 is 12.7. The van der Waals surface area contributed by atoms with E-state index in [-0.39, 0.29) is 23.8 Å². The average Bonchev–Trinajstić information content (AvgIpc) is 3.03. The Morgan fingerprint density at radius 2 is 1.51 bits per heavy atom. The van der Waals surface area contributed by atoms with Crippen LogP contribution in [0.1, 0.15) is 35.6 Å².